The van der Waals surface area contributed by atoms with Gasteiger partial charge in [0, 0.05) is 0 Å². The first-order valence-corrected chi connectivity index (χ1v) is 6.59. The Kier molecular flexibility index (Phi) is 6.31. The molecule has 2 atom stereocenters. The standard InChI is InChI=1S/C15H22O5/c1-5-20-15(17)14(16)10(2)8-11-6-7-12(18-3)13(9-11)19-4/h6-7,9-10,14,16H,5,8H2,1-4H3. The van der Waals surface area contributed by atoms with Crippen LogP contribution in [0.1, 0.15) is 19.4 Å². The Morgan fingerprint density at radius 1 is 1.25 bits per heavy atom. The quantitative estimate of drug-likeness (QED) is 0.773. The molecule has 0 amide bonds. The molecule has 0 fully saturated rings. The second kappa shape index (κ2) is 7.75. The van der Waals surface area contributed by atoms with Crippen LogP contribution in [0.15, 0.2) is 18.2 Å². The molecule has 5 heteroatoms. The molecule has 0 aliphatic heterocycles. The highest BCUT2D eigenvalue weighted by Crippen LogP contribution is 2.28. The molecule has 1 rings (SSSR count). The van der Waals surface area contributed by atoms with Gasteiger partial charge in [-0.2, -0.15) is 0 Å². The van der Waals surface area contributed by atoms with Crippen molar-refractivity contribution < 1.29 is 24.1 Å². The van der Waals surface area contributed by atoms with Gasteiger partial charge < -0.3 is 19.3 Å². The Morgan fingerprint density at radius 2 is 1.90 bits per heavy atom. The average molecular weight is 282 g/mol. The van der Waals surface area contributed by atoms with E-state index in [-0.39, 0.29) is 12.5 Å². The van der Waals surface area contributed by atoms with Gasteiger partial charge in [-0.25, -0.2) is 4.79 Å². The van der Waals surface area contributed by atoms with Crippen LogP contribution < -0.4 is 9.47 Å². The van der Waals surface area contributed by atoms with E-state index in [9.17, 15) is 9.90 Å². The molecule has 0 saturated carbocycles. The monoisotopic (exact) mass is 282 g/mol. The number of methoxy groups -OCH3 is 2. The van der Waals surface area contributed by atoms with Crippen molar-refractivity contribution in [3.8, 4) is 11.5 Å². The molecule has 0 saturated heterocycles. The topological polar surface area (TPSA) is 65.0 Å². The number of aliphatic hydroxyl groups excluding tert-OH is 1. The van der Waals surface area contributed by atoms with E-state index >= 15 is 0 Å². The van der Waals surface area contributed by atoms with E-state index in [4.69, 9.17) is 14.2 Å². The lowest BCUT2D eigenvalue weighted by Gasteiger charge is -2.18. The van der Waals surface area contributed by atoms with Crippen LogP contribution in [0.4, 0.5) is 0 Å². The highest BCUT2D eigenvalue weighted by atomic mass is 16.5. The molecule has 5 nitrogen and oxygen atoms in total. The third-order valence-corrected chi connectivity index (χ3v) is 3.07. The van der Waals surface area contributed by atoms with Gasteiger partial charge in [0.2, 0.25) is 0 Å². The van der Waals surface area contributed by atoms with Crippen LogP contribution in [0.25, 0.3) is 0 Å². The molecule has 0 aliphatic carbocycles. The van der Waals surface area contributed by atoms with Crippen molar-refractivity contribution in [2.75, 3.05) is 20.8 Å². The molecule has 1 aromatic carbocycles. The second-order valence-corrected chi connectivity index (χ2v) is 4.57. The average Bonchev–Trinajstić information content (AvgIpc) is 2.46. The lowest BCUT2D eigenvalue weighted by atomic mass is 9.95. The maximum atomic E-state index is 11.5. The summed E-state index contributed by atoms with van der Waals surface area (Å²) in [7, 11) is 3.14. The van der Waals surface area contributed by atoms with Gasteiger partial charge in [0.15, 0.2) is 17.6 Å². The Balaban J connectivity index is 2.75. The first-order valence-electron chi connectivity index (χ1n) is 6.59. The maximum absolute atomic E-state index is 11.5. The van der Waals surface area contributed by atoms with Crippen molar-refractivity contribution in [3.05, 3.63) is 23.8 Å². The Labute approximate surface area is 119 Å². The number of hydrogen-bond acceptors (Lipinski definition) is 5. The van der Waals surface area contributed by atoms with E-state index in [1.807, 2.05) is 12.1 Å². The summed E-state index contributed by atoms with van der Waals surface area (Å²) in [4.78, 5) is 11.5. The van der Waals surface area contributed by atoms with Gasteiger partial charge in [0.1, 0.15) is 0 Å². The zero-order chi connectivity index (χ0) is 15.1. The van der Waals surface area contributed by atoms with Crippen LogP contribution >= 0.6 is 0 Å². The molecule has 112 valence electrons. The molecule has 1 N–H and O–H groups in total. The van der Waals surface area contributed by atoms with Gasteiger partial charge in [0.05, 0.1) is 20.8 Å². The van der Waals surface area contributed by atoms with Crippen LogP contribution in [0.5, 0.6) is 11.5 Å². The highest BCUT2D eigenvalue weighted by molar-refractivity contribution is 5.74. The number of aliphatic hydroxyl groups is 1. The van der Waals surface area contributed by atoms with Gasteiger partial charge in [-0.15, -0.1) is 0 Å². The Hall–Kier alpha value is -1.75. The van der Waals surface area contributed by atoms with Crippen molar-refractivity contribution in [1.29, 1.82) is 0 Å². The van der Waals surface area contributed by atoms with Crippen molar-refractivity contribution >= 4 is 5.97 Å². The fraction of sp³-hybridized carbons (Fsp3) is 0.533. The molecule has 0 bridgehead atoms. The first kappa shape index (κ1) is 16.3. The van der Waals surface area contributed by atoms with Gasteiger partial charge in [-0.3, -0.25) is 0 Å². The van der Waals surface area contributed by atoms with E-state index in [0.29, 0.717) is 17.9 Å². The van der Waals surface area contributed by atoms with Crippen LogP contribution in [0, 0.1) is 5.92 Å². The lowest BCUT2D eigenvalue weighted by Crippen LogP contribution is -2.30. The first-order chi connectivity index (χ1) is 9.53. The fourth-order valence-electron chi connectivity index (χ4n) is 1.95. The number of carbonyl (C=O) groups excluding carboxylic acids is 1. The Bertz CT molecular complexity index is 444. The van der Waals surface area contributed by atoms with E-state index in [2.05, 4.69) is 0 Å². The molecular weight excluding hydrogens is 260 g/mol. The summed E-state index contributed by atoms with van der Waals surface area (Å²) >= 11 is 0. The van der Waals surface area contributed by atoms with E-state index in [0.717, 1.165) is 5.56 Å². The zero-order valence-corrected chi connectivity index (χ0v) is 12.4. The maximum Gasteiger partial charge on any atom is 0.335 e. The van der Waals surface area contributed by atoms with Gasteiger partial charge in [-0.05, 0) is 37.0 Å². The summed E-state index contributed by atoms with van der Waals surface area (Å²) < 4.78 is 15.2. The second-order valence-electron chi connectivity index (χ2n) is 4.57. The molecular formula is C15H22O5. The van der Waals surface area contributed by atoms with Gasteiger partial charge >= 0.3 is 5.97 Å². The largest absolute Gasteiger partial charge is 0.493 e. The number of rotatable bonds is 7. The predicted molar refractivity (Wildman–Crippen MR) is 75.1 cm³/mol. The van der Waals surface area contributed by atoms with Crippen molar-refractivity contribution in [2.24, 2.45) is 5.92 Å². The summed E-state index contributed by atoms with van der Waals surface area (Å²) in [5.41, 5.74) is 0.957. The molecule has 2 unspecified atom stereocenters. The molecule has 0 radical (unpaired) electrons. The van der Waals surface area contributed by atoms with Crippen LogP contribution in [0.2, 0.25) is 0 Å². The summed E-state index contributed by atoms with van der Waals surface area (Å²) in [6.07, 6.45) is -0.580. The van der Waals surface area contributed by atoms with Crippen LogP contribution in [0.3, 0.4) is 0 Å². The molecule has 0 aliphatic rings. The van der Waals surface area contributed by atoms with Crippen molar-refractivity contribution in [2.45, 2.75) is 26.4 Å². The molecule has 1 aromatic rings. The number of hydrogen-bond donors (Lipinski definition) is 1. The fourth-order valence-corrected chi connectivity index (χ4v) is 1.95. The number of benzene rings is 1. The summed E-state index contributed by atoms with van der Waals surface area (Å²) in [6.45, 7) is 3.78. The van der Waals surface area contributed by atoms with E-state index < -0.39 is 12.1 Å². The normalized spacial score (nSPS) is 13.4. The number of ether oxygens (including phenoxy) is 3. The molecule has 0 heterocycles. The minimum Gasteiger partial charge on any atom is -0.493 e. The van der Waals surface area contributed by atoms with E-state index in [1.54, 1.807) is 34.1 Å². The number of esters is 1. The highest BCUT2D eigenvalue weighted by Gasteiger charge is 2.24. The summed E-state index contributed by atoms with van der Waals surface area (Å²) in [5, 5.41) is 9.88. The molecule has 20 heavy (non-hydrogen) atoms. The van der Waals surface area contributed by atoms with E-state index in [1.165, 1.54) is 0 Å². The molecule has 0 aromatic heterocycles. The van der Waals surface area contributed by atoms with Crippen molar-refractivity contribution in [3.63, 3.8) is 0 Å². The zero-order valence-electron chi connectivity index (χ0n) is 12.4. The minimum absolute atomic E-state index is 0.243. The van der Waals surface area contributed by atoms with Crippen LogP contribution in [-0.4, -0.2) is 38.0 Å². The smallest absolute Gasteiger partial charge is 0.335 e. The summed E-state index contributed by atoms with van der Waals surface area (Å²) in [5.74, 6) is 0.449. The minimum atomic E-state index is -1.12. The number of carbonyl (C=O) groups is 1. The lowest BCUT2D eigenvalue weighted by molar-refractivity contribution is -0.155. The third kappa shape index (κ3) is 4.13. The van der Waals surface area contributed by atoms with Gasteiger partial charge in [0.25, 0.3) is 0 Å². The third-order valence-electron chi connectivity index (χ3n) is 3.07. The van der Waals surface area contributed by atoms with Crippen molar-refractivity contribution in [1.82, 2.24) is 0 Å². The molecule has 0 spiro atoms. The summed E-state index contributed by atoms with van der Waals surface area (Å²) in [6, 6.07) is 5.53. The SMILES string of the molecule is CCOC(=O)C(O)C(C)Cc1ccc(OC)c(OC)c1. The Morgan fingerprint density at radius 3 is 2.45 bits per heavy atom. The predicted octanol–water partition coefficient (Wildman–Crippen LogP) is 1.81. The van der Waals surface area contributed by atoms with Gasteiger partial charge in [-0.1, -0.05) is 13.0 Å². The van der Waals surface area contributed by atoms with Crippen LogP contribution in [-0.2, 0) is 16.0 Å².